The molecule has 1 saturated heterocycles. The molecule has 1 aromatic heterocycles. The third-order valence-electron chi connectivity index (χ3n) is 9.80. The van der Waals surface area contributed by atoms with Gasteiger partial charge in [0.1, 0.15) is 12.4 Å². The highest BCUT2D eigenvalue weighted by molar-refractivity contribution is 5.94. The van der Waals surface area contributed by atoms with Gasteiger partial charge >= 0.3 is 12.1 Å². The lowest BCUT2D eigenvalue weighted by atomic mass is 10.0. The highest BCUT2D eigenvalue weighted by Gasteiger charge is 2.44. The van der Waals surface area contributed by atoms with E-state index in [0.717, 1.165) is 55.0 Å². The van der Waals surface area contributed by atoms with Crippen molar-refractivity contribution in [2.45, 2.75) is 44.9 Å². The fraction of sp³-hybridized carbons (Fsp3) is 0.421. The van der Waals surface area contributed by atoms with Crippen molar-refractivity contribution in [1.82, 2.24) is 19.8 Å². The van der Waals surface area contributed by atoms with Gasteiger partial charge in [0, 0.05) is 54.8 Å². The van der Waals surface area contributed by atoms with E-state index in [1.54, 1.807) is 4.90 Å². The van der Waals surface area contributed by atoms with E-state index in [1.165, 1.54) is 16.5 Å². The summed E-state index contributed by atoms with van der Waals surface area (Å²) in [6.07, 6.45) is 2.86. The zero-order valence-electron chi connectivity index (χ0n) is 27.8. The van der Waals surface area contributed by atoms with Gasteiger partial charge in [-0.05, 0) is 50.4 Å². The number of fused-ring (bicyclic) bond motifs is 2. The Bertz CT molecular complexity index is 1800. The standard InChI is InChI=1S/C38H43N7O3/c1-42(2)26-38(17-18-38)27-48-36-40-33-24-43(34-14-8-12-29-11-6-7-13-31(29)34)20-16-32(33)35(41-36)44-21-22-45(30(23-44)15-19-39)37(46)47-25-28-9-4-3-5-10-28/h3-14,30H,15-18,20-27H2,1-2H3/t30-/m0/s1. The molecule has 0 unspecified atom stereocenters. The summed E-state index contributed by atoms with van der Waals surface area (Å²) in [5.41, 5.74) is 4.34. The van der Waals surface area contributed by atoms with Crippen LogP contribution in [0.3, 0.4) is 0 Å². The number of amides is 1. The second kappa shape index (κ2) is 13.7. The topological polar surface area (TPSA) is 98.1 Å². The van der Waals surface area contributed by atoms with Crippen LogP contribution in [0.4, 0.5) is 16.3 Å². The van der Waals surface area contributed by atoms with E-state index in [1.807, 2.05) is 30.3 Å². The predicted octanol–water partition coefficient (Wildman–Crippen LogP) is 5.65. The normalized spacial score (nSPS) is 18.4. The molecule has 0 radical (unpaired) electrons. The maximum absolute atomic E-state index is 13.2. The number of aromatic nitrogens is 2. The van der Waals surface area contributed by atoms with Crippen LogP contribution in [-0.2, 0) is 24.3 Å². The second-order valence-electron chi connectivity index (χ2n) is 13.6. The van der Waals surface area contributed by atoms with Crippen LogP contribution in [0.25, 0.3) is 10.8 Å². The molecule has 3 heterocycles. The molecule has 48 heavy (non-hydrogen) atoms. The smallest absolute Gasteiger partial charge is 0.410 e. The van der Waals surface area contributed by atoms with Crippen molar-refractivity contribution < 1.29 is 14.3 Å². The van der Waals surface area contributed by atoms with Gasteiger partial charge in [0.2, 0.25) is 0 Å². The molecular formula is C38H43N7O3. The minimum atomic E-state index is -0.395. The largest absolute Gasteiger partial charge is 0.463 e. The first-order chi connectivity index (χ1) is 23.4. The van der Waals surface area contributed by atoms with Gasteiger partial charge in [0.15, 0.2) is 0 Å². The van der Waals surface area contributed by atoms with Crippen LogP contribution in [0.1, 0.15) is 36.1 Å². The Hall–Kier alpha value is -4.88. The highest BCUT2D eigenvalue weighted by atomic mass is 16.6. The minimum Gasteiger partial charge on any atom is -0.463 e. The highest BCUT2D eigenvalue weighted by Crippen LogP contribution is 2.46. The van der Waals surface area contributed by atoms with Crippen molar-refractivity contribution >= 4 is 28.4 Å². The van der Waals surface area contributed by atoms with E-state index in [-0.39, 0.29) is 24.5 Å². The van der Waals surface area contributed by atoms with Crippen LogP contribution >= 0.6 is 0 Å². The summed E-state index contributed by atoms with van der Waals surface area (Å²) >= 11 is 0. The van der Waals surface area contributed by atoms with E-state index in [9.17, 15) is 10.1 Å². The molecule has 3 aromatic carbocycles. The maximum atomic E-state index is 13.2. The Morgan fingerprint density at radius 3 is 2.56 bits per heavy atom. The Kier molecular flexibility index (Phi) is 9.04. The van der Waals surface area contributed by atoms with Crippen molar-refractivity contribution in [3.63, 3.8) is 0 Å². The van der Waals surface area contributed by atoms with Crippen LogP contribution in [0.5, 0.6) is 6.01 Å². The Balaban J connectivity index is 1.15. The molecule has 3 aliphatic rings. The molecule has 0 bridgehead atoms. The number of anilines is 2. The number of nitrogens with zero attached hydrogens (tertiary/aromatic N) is 7. The maximum Gasteiger partial charge on any atom is 0.410 e. The van der Waals surface area contributed by atoms with Gasteiger partial charge in [-0.25, -0.2) is 4.79 Å². The quantitative estimate of drug-likeness (QED) is 0.217. The molecule has 2 fully saturated rings. The second-order valence-corrected chi connectivity index (χ2v) is 13.6. The number of rotatable bonds is 10. The van der Waals surface area contributed by atoms with Gasteiger partial charge in [0.05, 0.1) is 37.4 Å². The first-order valence-electron chi connectivity index (χ1n) is 16.9. The van der Waals surface area contributed by atoms with Gasteiger partial charge < -0.3 is 29.1 Å². The van der Waals surface area contributed by atoms with E-state index in [2.05, 4.69) is 77.3 Å². The SMILES string of the molecule is CN(C)CC1(COc2nc3c(c(N4CCN(C(=O)OCc5ccccc5)[C@@H](CC#N)C4)n2)CCN(c2cccc4ccccc24)C3)CC1. The number of hydrogen-bond donors (Lipinski definition) is 0. The molecule has 2 aliphatic heterocycles. The molecule has 0 N–H and O–H groups in total. The Labute approximate surface area is 282 Å². The number of nitriles is 1. The molecule has 1 atom stereocenters. The minimum absolute atomic E-state index is 0.140. The van der Waals surface area contributed by atoms with Crippen molar-refractivity contribution in [3.05, 3.63) is 89.6 Å². The molecular weight excluding hydrogens is 602 g/mol. The van der Waals surface area contributed by atoms with E-state index < -0.39 is 6.09 Å². The molecule has 1 amide bonds. The summed E-state index contributed by atoms with van der Waals surface area (Å²) in [4.78, 5) is 31.9. The zero-order valence-corrected chi connectivity index (χ0v) is 27.8. The Morgan fingerprint density at radius 1 is 0.979 bits per heavy atom. The number of hydrogen-bond acceptors (Lipinski definition) is 9. The van der Waals surface area contributed by atoms with Crippen LogP contribution in [-0.4, -0.2) is 85.3 Å². The van der Waals surface area contributed by atoms with Gasteiger partial charge in [-0.3, -0.25) is 0 Å². The third-order valence-corrected chi connectivity index (χ3v) is 9.80. The average Bonchev–Trinajstić information content (AvgIpc) is 3.88. The lowest BCUT2D eigenvalue weighted by molar-refractivity contribution is 0.0767. The van der Waals surface area contributed by atoms with Crippen LogP contribution in [0.15, 0.2) is 72.8 Å². The summed E-state index contributed by atoms with van der Waals surface area (Å²) < 4.78 is 12.1. The van der Waals surface area contributed by atoms with Crippen molar-refractivity contribution in [3.8, 4) is 12.1 Å². The molecule has 10 heteroatoms. The monoisotopic (exact) mass is 645 g/mol. The molecule has 10 nitrogen and oxygen atoms in total. The first kappa shape index (κ1) is 31.7. The van der Waals surface area contributed by atoms with Crippen molar-refractivity contribution in [1.29, 1.82) is 5.26 Å². The van der Waals surface area contributed by atoms with E-state index in [4.69, 9.17) is 19.4 Å². The summed E-state index contributed by atoms with van der Waals surface area (Å²) in [6, 6.07) is 27.0. The van der Waals surface area contributed by atoms with Gasteiger partial charge in [0.25, 0.3) is 0 Å². The van der Waals surface area contributed by atoms with Crippen molar-refractivity contribution in [2.75, 3.05) is 63.2 Å². The first-order valence-corrected chi connectivity index (χ1v) is 16.9. The predicted molar refractivity (Wildman–Crippen MR) is 186 cm³/mol. The summed E-state index contributed by atoms with van der Waals surface area (Å²) in [5, 5.41) is 12.2. The number of ether oxygens (including phenoxy) is 2. The van der Waals surface area contributed by atoms with E-state index in [0.29, 0.717) is 38.8 Å². The van der Waals surface area contributed by atoms with Crippen LogP contribution < -0.4 is 14.5 Å². The molecule has 0 spiro atoms. The summed E-state index contributed by atoms with van der Waals surface area (Å²) in [5.74, 6) is 0.852. The number of benzene rings is 3. The summed E-state index contributed by atoms with van der Waals surface area (Å²) in [7, 11) is 4.20. The van der Waals surface area contributed by atoms with Crippen LogP contribution in [0, 0.1) is 16.7 Å². The fourth-order valence-electron chi connectivity index (χ4n) is 7.19. The van der Waals surface area contributed by atoms with Gasteiger partial charge in [-0.15, -0.1) is 0 Å². The molecule has 1 aliphatic carbocycles. The van der Waals surface area contributed by atoms with Gasteiger partial charge in [-0.1, -0.05) is 66.7 Å². The lowest BCUT2D eigenvalue weighted by Crippen LogP contribution is -2.55. The van der Waals surface area contributed by atoms with Crippen molar-refractivity contribution in [2.24, 2.45) is 5.41 Å². The van der Waals surface area contributed by atoms with E-state index >= 15 is 0 Å². The molecule has 4 aromatic rings. The van der Waals surface area contributed by atoms with Crippen LogP contribution in [0.2, 0.25) is 0 Å². The molecule has 248 valence electrons. The fourth-order valence-corrected chi connectivity index (χ4v) is 7.19. The number of piperazine rings is 1. The Morgan fingerprint density at radius 2 is 1.77 bits per heavy atom. The number of carbonyl (C=O) groups is 1. The molecule has 1 saturated carbocycles. The lowest BCUT2D eigenvalue weighted by Gasteiger charge is -2.42. The third kappa shape index (κ3) is 6.87. The van der Waals surface area contributed by atoms with Gasteiger partial charge in [-0.2, -0.15) is 15.2 Å². The molecule has 7 rings (SSSR count). The summed E-state index contributed by atoms with van der Waals surface area (Å²) in [6.45, 7) is 4.71. The zero-order chi connectivity index (χ0) is 33.1. The average molecular weight is 646 g/mol. The number of carbonyl (C=O) groups excluding carboxylic acids is 1.